The highest BCUT2D eigenvalue weighted by atomic mass is 16.5. The van der Waals surface area contributed by atoms with Crippen LogP contribution in [-0.4, -0.2) is 33.0 Å². The zero-order chi connectivity index (χ0) is 15.4. The first-order valence-electron chi connectivity index (χ1n) is 7.45. The van der Waals surface area contributed by atoms with Crippen molar-refractivity contribution in [1.29, 1.82) is 0 Å². The number of anilines is 1. The van der Waals surface area contributed by atoms with Crippen molar-refractivity contribution < 1.29 is 4.74 Å². The van der Waals surface area contributed by atoms with Gasteiger partial charge < -0.3 is 9.64 Å². The van der Waals surface area contributed by atoms with E-state index in [1.165, 1.54) is 11.3 Å². The molecule has 0 atom stereocenters. The second-order valence-corrected chi connectivity index (χ2v) is 5.31. The molecule has 0 N–H and O–H groups in total. The lowest BCUT2D eigenvalue weighted by Gasteiger charge is -2.18. The zero-order valence-corrected chi connectivity index (χ0v) is 13.0. The van der Waals surface area contributed by atoms with Crippen LogP contribution < -0.4 is 9.64 Å². The summed E-state index contributed by atoms with van der Waals surface area (Å²) < 4.78 is 5.19. The van der Waals surface area contributed by atoms with Crippen LogP contribution in [0.5, 0.6) is 5.75 Å². The molecule has 3 nitrogen and oxygen atoms in total. The summed E-state index contributed by atoms with van der Waals surface area (Å²) in [6, 6.07) is 16.5. The number of aliphatic imine (C=N–C) groups is 1. The van der Waals surface area contributed by atoms with Gasteiger partial charge in [-0.15, -0.1) is 0 Å². The van der Waals surface area contributed by atoms with Gasteiger partial charge in [0.2, 0.25) is 0 Å². The van der Waals surface area contributed by atoms with E-state index in [-0.39, 0.29) is 0 Å². The summed E-state index contributed by atoms with van der Waals surface area (Å²) >= 11 is 0. The van der Waals surface area contributed by atoms with Crippen molar-refractivity contribution in [3.63, 3.8) is 0 Å². The highest BCUT2D eigenvalue weighted by Gasteiger charge is 2.13. The molecule has 3 heteroatoms. The van der Waals surface area contributed by atoms with Crippen molar-refractivity contribution in [3.8, 4) is 5.75 Å². The number of allylic oxidation sites excluding steroid dienone is 1. The maximum Gasteiger partial charge on any atom is 0.118 e. The summed E-state index contributed by atoms with van der Waals surface area (Å²) in [5, 5.41) is 0. The molecular weight excluding hydrogens is 272 g/mol. The fourth-order valence-corrected chi connectivity index (χ4v) is 2.58. The molecule has 112 valence electrons. The molecule has 0 saturated heterocycles. The minimum atomic E-state index is 0.813. The Balaban J connectivity index is 1.89. The Labute approximate surface area is 131 Å². The SMILES string of the molecule is COc1ccc(/C=C/C2=NCCN(C)c3ccccc32)cc1. The molecule has 0 unspecified atom stereocenters. The lowest BCUT2D eigenvalue weighted by molar-refractivity contribution is 0.415. The number of likely N-dealkylation sites (N-methyl/N-ethyl adjacent to an activating group) is 1. The fourth-order valence-electron chi connectivity index (χ4n) is 2.58. The summed E-state index contributed by atoms with van der Waals surface area (Å²) in [5.74, 6) is 0.871. The maximum absolute atomic E-state index is 5.19. The molecule has 0 aromatic heterocycles. The van der Waals surface area contributed by atoms with E-state index in [0.29, 0.717) is 0 Å². The number of hydrogen-bond acceptors (Lipinski definition) is 3. The fraction of sp³-hybridized carbons (Fsp3) is 0.211. The van der Waals surface area contributed by atoms with Gasteiger partial charge in [-0.05, 0) is 29.8 Å². The number of ether oxygens (including phenoxy) is 1. The van der Waals surface area contributed by atoms with Gasteiger partial charge in [-0.1, -0.05) is 36.4 Å². The second-order valence-electron chi connectivity index (χ2n) is 5.31. The summed E-state index contributed by atoms with van der Waals surface area (Å²) in [6.07, 6.45) is 4.19. The Bertz CT molecular complexity index is 702. The Morgan fingerprint density at radius 3 is 2.59 bits per heavy atom. The minimum Gasteiger partial charge on any atom is -0.497 e. The van der Waals surface area contributed by atoms with Crippen LogP contribution in [0.25, 0.3) is 6.08 Å². The van der Waals surface area contributed by atoms with Crippen molar-refractivity contribution in [1.82, 2.24) is 0 Å². The molecule has 22 heavy (non-hydrogen) atoms. The zero-order valence-electron chi connectivity index (χ0n) is 13.0. The first kappa shape index (κ1) is 14.4. The van der Waals surface area contributed by atoms with Crippen LogP contribution in [0.15, 0.2) is 59.6 Å². The average Bonchev–Trinajstić information content (AvgIpc) is 2.73. The van der Waals surface area contributed by atoms with Gasteiger partial charge in [-0.3, -0.25) is 4.99 Å². The molecule has 0 radical (unpaired) electrons. The predicted octanol–water partition coefficient (Wildman–Crippen LogP) is 3.65. The smallest absolute Gasteiger partial charge is 0.118 e. The Kier molecular flexibility index (Phi) is 4.24. The molecule has 1 heterocycles. The van der Waals surface area contributed by atoms with Gasteiger partial charge >= 0.3 is 0 Å². The molecule has 1 aliphatic rings. The van der Waals surface area contributed by atoms with E-state index >= 15 is 0 Å². The largest absolute Gasteiger partial charge is 0.497 e. The third kappa shape index (κ3) is 3.03. The highest BCUT2D eigenvalue weighted by molar-refractivity contribution is 6.14. The number of nitrogens with zero attached hydrogens (tertiary/aromatic N) is 2. The van der Waals surface area contributed by atoms with Crippen molar-refractivity contribution in [3.05, 3.63) is 65.7 Å². The second kappa shape index (κ2) is 6.48. The molecule has 2 aromatic rings. The normalized spacial score (nSPS) is 14.5. The molecule has 2 aromatic carbocycles. The quantitative estimate of drug-likeness (QED) is 0.862. The Hall–Kier alpha value is -2.55. The topological polar surface area (TPSA) is 24.8 Å². The number of benzene rings is 2. The number of benzodiazepines with no additional fused rings is 1. The third-order valence-electron chi connectivity index (χ3n) is 3.86. The molecule has 0 amide bonds. The van der Waals surface area contributed by atoms with Crippen molar-refractivity contribution in [2.24, 2.45) is 4.99 Å². The maximum atomic E-state index is 5.19. The van der Waals surface area contributed by atoms with Crippen LogP contribution in [0.2, 0.25) is 0 Å². The number of para-hydroxylation sites is 1. The number of methoxy groups -OCH3 is 1. The molecule has 0 spiro atoms. The van der Waals surface area contributed by atoms with E-state index in [9.17, 15) is 0 Å². The van der Waals surface area contributed by atoms with Gasteiger partial charge in [0.05, 0.1) is 19.4 Å². The van der Waals surface area contributed by atoms with Crippen LogP contribution in [0, 0.1) is 0 Å². The van der Waals surface area contributed by atoms with Crippen LogP contribution in [0.3, 0.4) is 0 Å². The van der Waals surface area contributed by atoms with Gasteiger partial charge in [0.1, 0.15) is 5.75 Å². The first-order chi connectivity index (χ1) is 10.8. The summed E-state index contributed by atoms with van der Waals surface area (Å²) in [4.78, 5) is 6.98. The van der Waals surface area contributed by atoms with Crippen LogP contribution in [0.4, 0.5) is 5.69 Å². The lowest BCUT2D eigenvalue weighted by atomic mass is 10.1. The minimum absolute atomic E-state index is 0.813. The van der Waals surface area contributed by atoms with E-state index in [1.807, 2.05) is 24.3 Å². The summed E-state index contributed by atoms with van der Waals surface area (Å²) in [6.45, 7) is 1.75. The van der Waals surface area contributed by atoms with Gasteiger partial charge in [-0.2, -0.15) is 0 Å². The number of rotatable bonds is 3. The monoisotopic (exact) mass is 292 g/mol. The molecule has 3 rings (SSSR count). The third-order valence-corrected chi connectivity index (χ3v) is 3.86. The standard InChI is InChI=1S/C19H20N2O/c1-21-14-13-20-18(17-5-3-4-6-19(17)21)12-9-15-7-10-16(22-2)11-8-15/h3-12H,13-14H2,1-2H3/b12-9+. The highest BCUT2D eigenvalue weighted by Crippen LogP contribution is 2.23. The predicted molar refractivity (Wildman–Crippen MR) is 93.1 cm³/mol. The van der Waals surface area contributed by atoms with Gasteiger partial charge in [-0.25, -0.2) is 0 Å². The molecule has 0 fully saturated rings. The van der Waals surface area contributed by atoms with Crippen molar-refractivity contribution in [2.45, 2.75) is 0 Å². The number of hydrogen-bond donors (Lipinski definition) is 0. The molecular formula is C19H20N2O. The Morgan fingerprint density at radius 2 is 1.82 bits per heavy atom. The van der Waals surface area contributed by atoms with Crippen LogP contribution in [0.1, 0.15) is 11.1 Å². The van der Waals surface area contributed by atoms with Crippen molar-refractivity contribution >= 4 is 17.5 Å². The average molecular weight is 292 g/mol. The molecule has 1 aliphatic heterocycles. The van der Waals surface area contributed by atoms with Crippen LogP contribution >= 0.6 is 0 Å². The number of fused-ring (bicyclic) bond motifs is 1. The summed E-state index contributed by atoms with van der Waals surface area (Å²) in [5.41, 5.74) is 4.60. The van der Waals surface area contributed by atoms with Gasteiger partial charge in [0, 0.05) is 24.8 Å². The first-order valence-corrected chi connectivity index (χ1v) is 7.45. The van der Waals surface area contributed by atoms with E-state index in [0.717, 1.165) is 30.1 Å². The van der Waals surface area contributed by atoms with Crippen molar-refractivity contribution in [2.75, 3.05) is 32.1 Å². The Morgan fingerprint density at radius 1 is 1.05 bits per heavy atom. The van der Waals surface area contributed by atoms with E-state index in [2.05, 4.69) is 48.4 Å². The van der Waals surface area contributed by atoms with Gasteiger partial charge in [0.15, 0.2) is 0 Å². The molecule has 0 saturated carbocycles. The van der Waals surface area contributed by atoms with E-state index in [1.54, 1.807) is 7.11 Å². The lowest BCUT2D eigenvalue weighted by Crippen LogP contribution is -2.20. The van der Waals surface area contributed by atoms with E-state index < -0.39 is 0 Å². The molecule has 0 bridgehead atoms. The van der Waals surface area contributed by atoms with Crippen LogP contribution in [-0.2, 0) is 0 Å². The molecule has 0 aliphatic carbocycles. The van der Waals surface area contributed by atoms with Gasteiger partial charge in [0.25, 0.3) is 0 Å². The van der Waals surface area contributed by atoms with E-state index in [4.69, 9.17) is 9.73 Å². The summed E-state index contributed by atoms with van der Waals surface area (Å²) in [7, 11) is 3.79.